The van der Waals surface area contributed by atoms with E-state index in [0.717, 1.165) is 17.9 Å². The highest BCUT2D eigenvalue weighted by molar-refractivity contribution is 5.18. The number of nitrogens with two attached hydrogens (primary N) is 1. The van der Waals surface area contributed by atoms with Crippen LogP contribution in [-0.4, -0.2) is 6.04 Å². The zero-order valence-corrected chi connectivity index (χ0v) is 10.7. The van der Waals surface area contributed by atoms with E-state index in [1.807, 2.05) is 0 Å². The van der Waals surface area contributed by atoms with Gasteiger partial charge in [-0.2, -0.15) is 0 Å². The number of hydrogen-bond donors (Lipinski definition) is 1. The lowest BCUT2D eigenvalue weighted by Crippen LogP contribution is -2.23. The van der Waals surface area contributed by atoms with Gasteiger partial charge in [-0.05, 0) is 42.9 Å². The van der Waals surface area contributed by atoms with E-state index in [9.17, 15) is 8.78 Å². The van der Waals surface area contributed by atoms with Crippen molar-refractivity contribution in [1.82, 2.24) is 0 Å². The molecule has 1 unspecified atom stereocenters. The molecule has 1 saturated carbocycles. The van der Waals surface area contributed by atoms with Crippen LogP contribution in [0.15, 0.2) is 18.2 Å². The Balaban J connectivity index is 1.78. The summed E-state index contributed by atoms with van der Waals surface area (Å²) < 4.78 is 25.8. The molecular weight excluding hydrogens is 232 g/mol. The Morgan fingerprint density at radius 2 is 1.89 bits per heavy atom. The van der Waals surface area contributed by atoms with E-state index >= 15 is 0 Å². The Hall–Kier alpha value is -0.960. The monoisotopic (exact) mass is 253 g/mol. The third-order valence-electron chi connectivity index (χ3n) is 3.90. The molecule has 1 fully saturated rings. The maximum absolute atomic E-state index is 13.0. The first kappa shape index (κ1) is 13.5. The molecule has 18 heavy (non-hydrogen) atoms. The van der Waals surface area contributed by atoms with Gasteiger partial charge < -0.3 is 5.73 Å². The Bertz CT molecular complexity index is 386. The number of rotatable bonds is 5. The third kappa shape index (κ3) is 3.77. The van der Waals surface area contributed by atoms with E-state index in [1.165, 1.54) is 44.2 Å². The minimum absolute atomic E-state index is 0.0514. The number of benzene rings is 1. The van der Waals surface area contributed by atoms with Gasteiger partial charge in [0.05, 0.1) is 0 Å². The van der Waals surface area contributed by atoms with Crippen LogP contribution in [0.3, 0.4) is 0 Å². The van der Waals surface area contributed by atoms with Crippen LogP contribution in [0.5, 0.6) is 0 Å². The van der Waals surface area contributed by atoms with Gasteiger partial charge in [-0.3, -0.25) is 0 Å². The Kier molecular flexibility index (Phi) is 4.70. The highest BCUT2D eigenvalue weighted by Gasteiger charge is 2.16. The van der Waals surface area contributed by atoms with Crippen LogP contribution in [0.4, 0.5) is 8.78 Å². The second kappa shape index (κ2) is 6.28. The second-order valence-electron chi connectivity index (χ2n) is 5.44. The van der Waals surface area contributed by atoms with Gasteiger partial charge in [0, 0.05) is 6.04 Å². The standard InChI is InChI=1S/C15H21F2N/c16-14-8-6-12(10-15(14)17)9-13(18)7-5-11-3-1-2-4-11/h6,8,10-11,13H,1-5,7,9,18H2. The quantitative estimate of drug-likeness (QED) is 0.848. The molecular formula is C15H21F2N. The van der Waals surface area contributed by atoms with E-state index < -0.39 is 11.6 Å². The Labute approximate surface area is 107 Å². The van der Waals surface area contributed by atoms with Crippen molar-refractivity contribution in [3.63, 3.8) is 0 Å². The van der Waals surface area contributed by atoms with Crippen LogP contribution in [-0.2, 0) is 6.42 Å². The largest absolute Gasteiger partial charge is 0.327 e. The zero-order chi connectivity index (χ0) is 13.0. The van der Waals surface area contributed by atoms with Crippen molar-refractivity contribution in [1.29, 1.82) is 0 Å². The molecule has 1 aliphatic rings. The summed E-state index contributed by atoms with van der Waals surface area (Å²) >= 11 is 0. The SMILES string of the molecule is NC(CCC1CCCC1)Cc1ccc(F)c(F)c1. The van der Waals surface area contributed by atoms with Gasteiger partial charge in [0.25, 0.3) is 0 Å². The molecule has 0 amide bonds. The zero-order valence-electron chi connectivity index (χ0n) is 10.7. The summed E-state index contributed by atoms with van der Waals surface area (Å²) in [5, 5.41) is 0. The highest BCUT2D eigenvalue weighted by atomic mass is 19.2. The van der Waals surface area contributed by atoms with Gasteiger partial charge in [0.15, 0.2) is 11.6 Å². The minimum atomic E-state index is -0.793. The molecule has 1 aromatic carbocycles. The Morgan fingerprint density at radius 1 is 1.17 bits per heavy atom. The fourth-order valence-corrected chi connectivity index (χ4v) is 2.82. The van der Waals surface area contributed by atoms with Crippen molar-refractivity contribution < 1.29 is 8.78 Å². The fourth-order valence-electron chi connectivity index (χ4n) is 2.82. The summed E-state index contributed by atoms with van der Waals surface area (Å²) in [6, 6.07) is 4.10. The van der Waals surface area contributed by atoms with E-state index in [-0.39, 0.29) is 6.04 Å². The van der Waals surface area contributed by atoms with Crippen LogP contribution < -0.4 is 5.73 Å². The summed E-state index contributed by atoms with van der Waals surface area (Å²) in [5.74, 6) is -0.741. The normalized spacial score (nSPS) is 18.2. The van der Waals surface area contributed by atoms with E-state index in [2.05, 4.69) is 0 Å². The van der Waals surface area contributed by atoms with E-state index in [4.69, 9.17) is 5.73 Å². The number of halogens is 2. The molecule has 0 spiro atoms. The van der Waals surface area contributed by atoms with Crippen molar-refractivity contribution in [3.8, 4) is 0 Å². The lowest BCUT2D eigenvalue weighted by atomic mass is 9.95. The topological polar surface area (TPSA) is 26.0 Å². The lowest BCUT2D eigenvalue weighted by molar-refractivity contribution is 0.446. The molecule has 1 aliphatic carbocycles. The first-order valence-corrected chi connectivity index (χ1v) is 6.84. The summed E-state index contributed by atoms with van der Waals surface area (Å²) in [4.78, 5) is 0. The molecule has 0 heterocycles. The van der Waals surface area contributed by atoms with Crippen molar-refractivity contribution in [2.45, 2.75) is 51.0 Å². The summed E-state index contributed by atoms with van der Waals surface area (Å²) in [5.41, 5.74) is 6.84. The maximum atomic E-state index is 13.0. The summed E-state index contributed by atoms with van der Waals surface area (Å²) in [7, 11) is 0. The molecule has 0 aliphatic heterocycles. The van der Waals surface area contributed by atoms with Crippen LogP contribution in [0, 0.1) is 17.6 Å². The lowest BCUT2D eigenvalue weighted by Gasteiger charge is -2.14. The predicted octanol–water partition coefficient (Wildman–Crippen LogP) is 3.81. The average Bonchev–Trinajstić information content (AvgIpc) is 2.84. The van der Waals surface area contributed by atoms with Gasteiger partial charge in [0.2, 0.25) is 0 Å². The van der Waals surface area contributed by atoms with Crippen LogP contribution >= 0.6 is 0 Å². The van der Waals surface area contributed by atoms with Crippen molar-refractivity contribution in [2.24, 2.45) is 11.7 Å². The summed E-state index contributed by atoms with van der Waals surface area (Å²) in [6.07, 6.45) is 8.14. The second-order valence-corrected chi connectivity index (χ2v) is 5.44. The van der Waals surface area contributed by atoms with E-state index in [1.54, 1.807) is 6.07 Å². The van der Waals surface area contributed by atoms with Gasteiger partial charge in [-0.15, -0.1) is 0 Å². The molecule has 2 rings (SSSR count). The van der Waals surface area contributed by atoms with Crippen molar-refractivity contribution >= 4 is 0 Å². The van der Waals surface area contributed by atoms with Crippen LogP contribution in [0.25, 0.3) is 0 Å². The van der Waals surface area contributed by atoms with Crippen LogP contribution in [0.2, 0.25) is 0 Å². The molecule has 0 radical (unpaired) electrons. The molecule has 2 N–H and O–H groups in total. The average molecular weight is 253 g/mol. The molecule has 3 heteroatoms. The highest BCUT2D eigenvalue weighted by Crippen LogP contribution is 2.29. The smallest absolute Gasteiger partial charge is 0.159 e. The van der Waals surface area contributed by atoms with Crippen molar-refractivity contribution in [3.05, 3.63) is 35.4 Å². The number of hydrogen-bond acceptors (Lipinski definition) is 1. The predicted molar refractivity (Wildman–Crippen MR) is 69.2 cm³/mol. The van der Waals surface area contributed by atoms with Gasteiger partial charge in [-0.25, -0.2) is 8.78 Å². The molecule has 1 aromatic rings. The molecule has 0 bridgehead atoms. The van der Waals surface area contributed by atoms with Gasteiger partial charge in [0.1, 0.15) is 0 Å². The molecule has 1 nitrogen and oxygen atoms in total. The summed E-state index contributed by atoms with van der Waals surface area (Å²) in [6.45, 7) is 0. The van der Waals surface area contributed by atoms with Crippen LogP contribution in [0.1, 0.15) is 44.1 Å². The first-order valence-electron chi connectivity index (χ1n) is 6.84. The first-order chi connectivity index (χ1) is 8.65. The van der Waals surface area contributed by atoms with Crippen molar-refractivity contribution in [2.75, 3.05) is 0 Å². The van der Waals surface area contributed by atoms with Gasteiger partial charge >= 0.3 is 0 Å². The molecule has 0 aromatic heterocycles. The fraction of sp³-hybridized carbons (Fsp3) is 0.600. The molecule has 0 saturated heterocycles. The molecule has 1 atom stereocenters. The van der Waals surface area contributed by atoms with E-state index in [0.29, 0.717) is 6.42 Å². The van der Waals surface area contributed by atoms with Gasteiger partial charge in [-0.1, -0.05) is 31.7 Å². The third-order valence-corrected chi connectivity index (χ3v) is 3.90. The minimum Gasteiger partial charge on any atom is -0.327 e. The maximum Gasteiger partial charge on any atom is 0.159 e. The molecule has 100 valence electrons. The Morgan fingerprint density at radius 3 is 2.56 bits per heavy atom.